The van der Waals surface area contributed by atoms with Gasteiger partial charge in [0.1, 0.15) is 0 Å². The predicted octanol–water partition coefficient (Wildman–Crippen LogP) is 2.79. The van der Waals surface area contributed by atoms with Crippen molar-refractivity contribution in [3.8, 4) is 0 Å². The highest BCUT2D eigenvalue weighted by Crippen LogP contribution is 2.32. The fraction of sp³-hybridized carbons (Fsp3) is 0.235. The Morgan fingerprint density at radius 2 is 2.00 bits per heavy atom. The Balaban J connectivity index is 1.63. The van der Waals surface area contributed by atoms with Gasteiger partial charge in [0, 0.05) is 6.20 Å². The molecule has 0 saturated carbocycles. The number of aryl methyl sites for hydroxylation is 1. The van der Waals surface area contributed by atoms with Gasteiger partial charge in [-0.15, -0.1) is 10.2 Å². The van der Waals surface area contributed by atoms with Crippen molar-refractivity contribution in [2.24, 2.45) is 0 Å². The Bertz CT molecular complexity index is 839. The van der Waals surface area contributed by atoms with Crippen LogP contribution in [0.2, 0.25) is 0 Å². The molecule has 2 aromatic heterocycles. The standard InChI is InChI=1S/C17H16N4O/c22-16(14-9-5-7-12-6-1-2-8-13(12)14)18-17-20-19-15-10-3-4-11-21(15)17/h1-4,6,8,10-11,14H,5,7,9H2,(H,18,20,22). The molecule has 1 N–H and O–H groups in total. The molecule has 22 heavy (non-hydrogen) atoms. The molecule has 1 amide bonds. The van der Waals surface area contributed by atoms with Crippen molar-refractivity contribution in [3.63, 3.8) is 0 Å². The molecule has 1 aromatic carbocycles. The highest BCUT2D eigenvalue weighted by atomic mass is 16.2. The van der Waals surface area contributed by atoms with Gasteiger partial charge in [-0.1, -0.05) is 30.3 Å². The first-order chi connectivity index (χ1) is 10.8. The lowest BCUT2D eigenvalue weighted by Gasteiger charge is -2.24. The Hall–Kier alpha value is -2.69. The van der Waals surface area contributed by atoms with E-state index in [2.05, 4.69) is 27.6 Å². The van der Waals surface area contributed by atoms with Crippen molar-refractivity contribution in [1.29, 1.82) is 0 Å². The average molecular weight is 292 g/mol. The number of pyridine rings is 1. The van der Waals surface area contributed by atoms with Crippen LogP contribution in [0.5, 0.6) is 0 Å². The number of hydrogen-bond acceptors (Lipinski definition) is 3. The zero-order chi connectivity index (χ0) is 14.9. The first-order valence-electron chi connectivity index (χ1n) is 7.51. The van der Waals surface area contributed by atoms with Gasteiger partial charge in [-0.2, -0.15) is 0 Å². The highest BCUT2D eigenvalue weighted by molar-refractivity contribution is 5.95. The summed E-state index contributed by atoms with van der Waals surface area (Å²) in [4.78, 5) is 12.7. The number of nitrogens with one attached hydrogen (secondary N) is 1. The number of carbonyl (C=O) groups excluding carboxylic acids is 1. The number of carbonyl (C=O) groups is 1. The van der Waals surface area contributed by atoms with Gasteiger partial charge >= 0.3 is 0 Å². The van der Waals surface area contributed by atoms with Crippen LogP contribution in [0.1, 0.15) is 29.9 Å². The van der Waals surface area contributed by atoms with Crippen LogP contribution >= 0.6 is 0 Å². The number of fused-ring (bicyclic) bond motifs is 2. The quantitative estimate of drug-likeness (QED) is 0.790. The summed E-state index contributed by atoms with van der Waals surface area (Å²) in [6.07, 6.45) is 4.81. The smallest absolute Gasteiger partial charge is 0.235 e. The molecule has 0 aliphatic heterocycles. The number of nitrogens with zero attached hydrogens (tertiary/aromatic N) is 3. The van der Waals surface area contributed by atoms with Crippen LogP contribution in [0.15, 0.2) is 48.7 Å². The topological polar surface area (TPSA) is 59.3 Å². The molecule has 4 rings (SSSR count). The van der Waals surface area contributed by atoms with Gasteiger partial charge in [-0.25, -0.2) is 0 Å². The fourth-order valence-corrected chi connectivity index (χ4v) is 3.15. The van der Waals surface area contributed by atoms with Crippen LogP contribution in [0.25, 0.3) is 5.65 Å². The van der Waals surface area contributed by atoms with E-state index < -0.39 is 0 Å². The molecular formula is C17H16N4O. The van der Waals surface area contributed by atoms with E-state index in [1.54, 1.807) is 4.40 Å². The lowest BCUT2D eigenvalue weighted by Crippen LogP contribution is -2.25. The Kier molecular flexibility index (Phi) is 3.11. The number of anilines is 1. The van der Waals surface area contributed by atoms with Gasteiger partial charge in [0.2, 0.25) is 11.9 Å². The van der Waals surface area contributed by atoms with Gasteiger partial charge in [0.15, 0.2) is 5.65 Å². The van der Waals surface area contributed by atoms with E-state index in [9.17, 15) is 4.79 Å². The second-order valence-electron chi connectivity index (χ2n) is 5.59. The molecule has 0 spiro atoms. The van der Waals surface area contributed by atoms with Crippen molar-refractivity contribution in [2.45, 2.75) is 25.2 Å². The van der Waals surface area contributed by atoms with E-state index in [0.717, 1.165) is 30.5 Å². The second kappa shape index (κ2) is 5.26. The van der Waals surface area contributed by atoms with Crippen LogP contribution in [-0.2, 0) is 11.2 Å². The lowest BCUT2D eigenvalue weighted by molar-refractivity contribution is -0.117. The fourth-order valence-electron chi connectivity index (χ4n) is 3.15. The van der Waals surface area contributed by atoms with Crippen LogP contribution in [0.4, 0.5) is 5.95 Å². The number of benzene rings is 1. The largest absolute Gasteiger partial charge is 0.294 e. The van der Waals surface area contributed by atoms with E-state index in [1.807, 2.05) is 36.5 Å². The van der Waals surface area contributed by atoms with Crippen molar-refractivity contribution < 1.29 is 4.79 Å². The first-order valence-corrected chi connectivity index (χ1v) is 7.51. The third-order valence-corrected chi connectivity index (χ3v) is 4.23. The Morgan fingerprint density at radius 3 is 2.95 bits per heavy atom. The average Bonchev–Trinajstić information content (AvgIpc) is 2.97. The van der Waals surface area contributed by atoms with Crippen molar-refractivity contribution in [3.05, 3.63) is 59.8 Å². The van der Waals surface area contributed by atoms with E-state index in [-0.39, 0.29) is 11.8 Å². The summed E-state index contributed by atoms with van der Waals surface area (Å²) in [5.74, 6) is 0.356. The summed E-state index contributed by atoms with van der Waals surface area (Å²) in [5, 5.41) is 11.1. The molecular weight excluding hydrogens is 276 g/mol. The van der Waals surface area contributed by atoms with Gasteiger partial charge in [0.25, 0.3) is 0 Å². The summed E-state index contributed by atoms with van der Waals surface area (Å²) in [6, 6.07) is 13.8. The molecule has 1 aliphatic rings. The van der Waals surface area contributed by atoms with Gasteiger partial charge < -0.3 is 0 Å². The van der Waals surface area contributed by atoms with E-state index in [4.69, 9.17) is 0 Å². The van der Waals surface area contributed by atoms with Crippen molar-refractivity contribution in [1.82, 2.24) is 14.6 Å². The maximum atomic E-state index is 12.7. The molecule has 1 aliphatic carbocycles. The molecule has 0 fully saturated rings. The van der Waals surface area contributed by atoms with Crippen LogP contribution in [0.3, 0.4) is 0 Å². The van der Waals surface area contributed by atoms with Crippen molar-refractivity contribution in [2.75, 3.05) is 5.32 Å². The minimum atomic E-state index is -0.110. The molecule has 1 unspecified atom stereocenters. The van der Waals surface area contributed by atoms with E-state index in [0.29, 0.717) is 5.95 Å². The molecule has 5 nitrogen and oxygen atoms in total. The Morgan fingerprint density at radius 1 is 1.14 bits per heavy atom. The third kappa shape index (κ3) is 2.15. The van der Waals surface area contributed by atoms with Crippen molar-refractivity contribution >= 4 is 17.5 Å². The summed E-state index contributed by atoms with van der Waals surface area (Å²) in [6.45, 7) is 0. The predicted molar refractivity (Wildman–Crippen MR) is 83.7 cm³/mol. The van der Waals surface area contributed by atoms with Gasteiger partial charge in [0.05, 0.1) is 5.92 Å². The molecule has 0 bridgehead atoms. The number of aromatic nitrogens is 3. The zero-order valence-electron chi connectivity index (χ0n) is 12.1. The zero-order valence-corrected chi connectivity index (χ0v) is 12.1. The SMILES string of the molecule is O=C(Nc1nnc2ccccn12)C1CCCc2ccccc21. The minimum absolute atomic E-state index is 0.00898. The first kappa shape index (κ1) is 13.0. The summed E-state index contributed by atoms with van der Waals surface area (Å²) < 4.78 is 1.78. The second-order valence-corrected chi connectivity index (χ2v) is 5.59. The molecule has 0 saturated heterocycles. The van der Waals surface area contributed by atoms with Crippen LogP contribution in [-0.4, -0.2) is 20.5 Å². The van der Waals surface area contributed by atoms with Crippen LogP contribution in [0, 0.1) is 0 Å². The maximum absolute atomic E-state index is 12.7. The monoisotopic (exact) mass is 292 g/mol. The highest BCUT2D eigenvalue weighted by Gasteiger charge is 2.27. The lowest BCUT2D eigenvalue weighted by atomic mass is 9.82. The third-order valence-electron chi connectivity index (χ3n) is 4.23. The van der Waals surface area contributed by atoms with Gasteiger partial charge in [-0.3, -0.25) is 14.5 Å². The number of amides is 1. The van der Waals surface area contributed by atoms with Crippen LogP contribution < -0.4 is 5.32 Å². The van der Waals surface area contributed by atoms with E-state index in [1.165, 1.54) is 5.56 Å². The molecule has 0 radical (unpaired) electrons. The van der Waals surface area contributed by atoms with E-state index >= 15 is 0 Å². The molecule has 2 heterocycles. The number of rotatable bonds is 2. The minimum Gasteiger partial charge on any atom is -0.294 e. The molecule has 110 valence electrons. The maximum Gasteiger partial charge on any atom is 0.235 e. The Labute approximate surface area is 128 Å². The normalized spacial score (nSPS) is 17.2. The summed E-state index contributed by atoms with van der Waals surface area (Å²) in [5.41, 5.74) is 3.14. The number of hydrogen-bond donors (Lipinski definition) is 1. The molecule has 1 atom stereocenters. The molecule has 5 heteroatoms. The summed E-state index contributed by atoms with van der Waals surface area (Å²) >= 11 is 0. The van der Waals surface area contributed by atoms with Gasteiger partial charge in [-0.05, 0) is 42.5 Å². The summed E-state index contributed by atoms with van der Waals surface area (Å²) in [7, 11) is 0. The molecule has 3 aromatic rings.